The lowest BCUT2D eigenvalue weighted by Crippen LogP contribution is -2.46. The highest BCUT2D eigenvalue weighted by Gasteiger charge is 2.23. The molecule has 0 bridgehead atoms. The summed E-state index contributed by atoms with van der Waals surface area (Å²) in [5.41, 5.74) is 0.356. The monoisotopic (exact) mass is 330 g/mol. The minimum absolute atomic E-state index is 0.00737. The van der Waals surface area contributed by atoms with E-state index in [1.54, 1.807) is 0 Å². The van der Waals surface area contributed by atoms with E-state index in [1.165, 1.54) is 12.1 Å². The van der Waals surface area contributed by atoms with Crippen LogP contribution in [0.3, 0.4) is 0 Å². The van der Waals surface area contributed by atoms with Crippen molar-refractivity contribution in [2.75, 3.05) is 13.2 Å². The quantitative estimate of drug-likeness (QED) is 0.776. The van der Waals surface area contributed by atoms with Crippen LogP contribution in [0.2, 0.25) is 5.02 Å². The third-order valence-electron chi connectivity index (χ3n) is 3.67. The van der Waals surface area contributed by atoms with Gasteiger partial charge in [-0.05, 0) is 37.5 Å². The average molecular weight is 331 g/mol. The highest BCUT2D eigenvalue weighted by Crippen LogP contribution is 2.20. The molecule has 0 saturated carbocycles. The smallest absolute Gasteiger partial charge is 0.315 e. The van der Waals surface area contributed by atoms with Crippen molar-refractivity contribution in [2.45, 2.75) is 38.0 Å². The number of aliphatic hydroxyl groups is 1. The molecule has 1 saturated heterocycles. The molecule has 7 heteroatoms. The fourth-order valence-electron chi connectivity index (χ4n) is 2.37. The van der Waals surface area contributed by atoms with Crippen LogP contribution in [0.1, 0.15) is 31.4 Å². The van der Waals surface area contributed by atoms with Gasteiger partial charge in [0.25, 0.3) is 0 Å². The number of carbonyl (C=O) groups is 1. The van der Waals surface area contributed by atoms with E-state index in [2.05, 4.69) is 10.6 Å². The molecular formula is C15H20ClFN2O3. The summed E-state index contributed by atoms with van der Waals surface area (Å²) in [4.78, 5) is 11.8. The Hall–Kier alpha value is -1.37. The standard InChI is InChI=1S/C15H20ClFN2O3/c1-9(14-3-2-6-22-14)19-15(21)18-8-13(20)10-4-5-11(16)12(17)7-10/h4-5,7,9,13-14,20H,2-3,6,8H2,1H3,(H2,18,19,21)/t9-,13-,14+/m0/s1. The lowest BCUT2D eigenvalue weighted by Gasteiger charge is -2.21. The maximum atomic E-state index is 13.3. The largest absolute Gasteiger partial charge is 0.387 e. The summed E-state index contributed by atoms with van der Waals surface area (Å²) in [5, 5.41) is 15.3. The number of hydrogen-bond acceptors (Lipinski definition) is 3. The molecule has 0 spiro atoms. The molecule has 1 fully saturated rings. The van der Waals surface area contributed by atoms with Crippen LogP contribution in [-0.2, 0) is 4.74 Å². The van der Waals surface area contributed by atoms with Crippen LogP contribution in [0.25, 0.3) is 0 Å². The lowest BCUT2D eigenvalue weighted by atomic mass is 10.1. The fourth-order valence-corrected chi connectivity index (χ4v) is 2.49. The molecule has 0 aliphatic carbocycles. The van der Waals surface area contributed by atoms with Crippen LogP contribution in [0.4, 0.5) is 9.18 Å². The van der Waals surface area contributed by atoms with E-state index in [-0.39, 0.29) is 23.7 Å². The molecule has 1 aromatic rings. The first kappa shape index (κ1) is 17.0. The number of aliphatic hydroxyl groups excluding tert-OH is 1. The number of hydrogen-bond donors (Lipinski definition) is 3. The maximum absolute atomic E-state index is 13.3. The van der Waals surface area contributed by atoms with Crippen molar-refractivity contribution in [3.8, 4) is 0 Å². The molecule has 1 aliphatic heterocycles. The summed E-state index contributed by atoms with van der Waals surface area (Å²) in [6.07, 6.45) is 0.949. The zero-order valence-corrected chi connectivity index (χ0v) is 13.1. The molecule has 22 heavy (non-hydrogen) atoms. The van der Waals surface area contributed by atoms with Crippen molar-refractivity contribution in [2.24, 2.45) is 0 Å². The van der Waals surface area contributed by atoms with Crippen LogP contribution in [-0.4, -0.2) is 36.4 Å². The Balaban J connectivity index is 1.78. The third kappa shape index (κ3) is 4.56. The van der Waals surface area contributed by atoms with Crippen molar-refractivity contribution in [3.05, 3.63) is 34.6 Å². The zero-order chi connectivity index (χ0) is 16.1. The topological polar surface area (TPSA) is 70.6 Å². The molecular weight excluding hydrogens is 311 g/mol. The number of carbonyl (C=O) groups excluding carboxylic acids is 1. The summed E-state index contributed by atoms with van der Waals surface area (Å²) >= 11 is 5.58. The van der Waals surface area contributed by atoms with Gasteiger partial charge in [0.15, 0.2) is 0 Å². The van der Waals surface area contributed by atoms with Crippen LogP contribution in [0, 0.1) is 5.82 Å². The minimum atomic E-state index is -1.00. The first-order valence-corrected chi connectivity index (χ1v) is 7.64. The number of amides is 2. The van der Waals surface area contributed by atoms with Gasteiger partial charge in [-0.2, -0.15) is 0 Å². The second-order valence-corrected chi connectivity index (χ2v) is 5.79. The third-order valence-corrected chi connectivity index (χ3v) is 3.97. The lowest BCUT2D eigenvalue weighted by molar-refractivity contribution is 0.0856. The molecule has 5 nitrogen and oxygen atoms in total. The van der Waals surface area contributed by atoms with E-state index >= 15 is 0 Å². The Kier molecular flexibility index (Phi) is 5.99. The van der Waals surface area contributed by atoms with Gasteiger partial charge in [0.05, 0.1) is 23.3 Å². The summed E-state index contributed by atoms with van der Waals surface area (Å²) in [6.45, 7) is 2.57. The highest BCUT2D eigenvalue weighted by molar-refractivity contribution is 6.30. The molecule has 0 radical (unpaired) electrons. The van der Waals surface area contributed by atoms with Crippen molar-refractivity contribution in [1.82, 2.24) is 10.6 Å². The predicted octanol–water partition coefficient (Wildman–Crippen LogP) is 2.38. The van der Waals surface area contributed by atoms with E-state index < -0.39 is 18.0 Å². The Morgan fingerprint density at radius 1 is 1.59 bits per heavy atom. The van der Waals surface area contributed by atoms with Gasteiger partial charge in [-0.1, -0.05) is 17.7 Å². The van der Waals surface area contributed by atoms with Gasteiger partial charge in [0, 0.05) is 13.2 Å². The van der Waals surface area contributed by atoms with Crippen molar-refractivity contribution < 1.29 is 19.0 Å². The molecule has 1 aliphatic rings. The van der Waals surface area contributed by atoms with Crippen molar-refractivity contribution in [1.29, 1.82) is 0 Å². The SMILES string of the molecule is C[C@H](NC(=O)NC[C@H](O)c1ccc(Cl)c(F)c1)[C@H]1CCCO1. The minimum Gasteiger partial charge on any atom is -0.387 e. The molecule has 3 N–H and O–H groups in total. The summed E-state index contributed by atoms with van der Waals surface area (Å²) in [5.74, 6) is -0.602. The van der Waals surface area contributed by atoms with Crippen molar-refractivity contribution >= 4 is 17.6 Å². The molecule has 0 aromatic heterocycles. The molecule has 3 atom stereocenters. The maximum Gasteiger partial charge on any atom is 0.315 e. The zero-order valence-electron chi connectivity index (χ0n) is 12.3. The van der Waals surface area contributed by atoms with Gasteiger partial charge in [0.2, 0.25) is 0 Å². The number of ether oxygens (including phenoxy) is 1. The van der Waals surface area contributed by atoms with Gasteiger partial charge in [0.1, 0.15) is 5.82 Å². The Morgan fingerprint density at radius 3 is 3.00 bits per heavy atom. The predicted molar refractivity (Wildman–Crippen MR) is 81.3 cm³/mol. The van der Waals surface area contributed by atoms with Crippen LogP contribution in [0.15, 0.2) is 18.2 Å². The summed E-state index contributed by atoms with van der Waals surface area (Å²) in [6, 6.07) is 3.55. The van der Waals surface area contributed by atoms with E-state index in [0.29, 0.717) is 5.56 Å². The summed E-state index contributed by atoms with van der Waals surface area (Å²) in [7, 11) is 0. The van der Waals surface area contributed by atoms with Crippen LogP contribution >= 0.6 is 11.6 Å². The number of benzene rings is 1. The van der Waals surface area contributed by atoms with Gasteiger partial charge in [-0.15, -0.1) is 0 Å². The van der Waals surface area contributed by atoms with Gasteiger partial charge in [-0.25, -0.2) is 9.18 Å². The normalized spacial score (nSPS) is 20.5. The van der Waals surface area contributed by atoms with Gasteiger partial charge < -0.3 is 20.5 Å². The van der Waals surface area contributed by atoms with Crippen molar-refractivity contribution in [3.63, 3.8) is 0 Å². The van der Waals surface area contributed by atoms with E-state index in [4.69, 9.17) is 16.3 Å². The Morgan fingerprint density at radius 2 is 2.36 bits per heavy atom. The number of rotatable bonds is 5. The highest BCUT2D eigenvalue weighted by atomic mass is 35.5. The van der Waals surface area contributed by atoms with Crippen LogP contribution in [0.5, 0.6) is 0 Å². The number of halogens is 2. The van der Waals surface area contributed by atoms with Gasteiger partial charge in [-0.3, -0.25) is 0 Å². The second-order valence-electron chi connectivity index (χ2n) is 5.38. The van der Waals surface area contributed by atoms with E-state index in [0.717, 1.165) is 25.5 Å². The molecule has 2 amide bonds. The first-order valence-electron chi connectivity index (χ1n) is 7.26. The summed E-state index contributed by atoms with van der Waals surface area (Å²) < 4.78 is 18.8. The van der Waals surface area contributed by atoms with E-state index in [1.807, 2.05) is 6.92 Å². The Labute approximate surface area is 133 Å². The first-order chi connectivity index (χ1) is 10.5. The van der Waals surface area contributed by atoms with Gasteiger partial charge >= 0.3 is 6.03 Å². The number of urea groups is 1. The Bertz CT molecular complexity index is 524. The van der Waals surface area contributed by atoms with E-state index in [9.17, 15) is 14.3 Å². The number of nitrogens with one attached hydrogen (secondary N) is 2. The molecule has 122 valence electrons. The molecule has 2 rings (SSSR count). The molecule has 0 unspecified atom stereocenters. The average Bonchev–Trinajstić information content (AvgIpc) is 3.02. The molecule has 1 aromatic carbocycles. The molecule has 1 heterocycles. The fraction of sp³-hybridized carbons (Fsp3) is 0.533. The van der Waals surface area contributed by atoms with Crippen LogP contribution < -0.4 is 10.6 Å². The second kappa shape index (κ2) is 7.76.